The van der Waals surface area contributed by atoms with Gasteiger partial charge in [-0.3, -0.25) is 0 Å². The first-order valence-corrected chi connectivity index (χ1v) is 5.28. The fourth-order valence-electron chi connectivity index (χ4n) is 1.35. The molecular formula is C12H7F3N2O3. The predicted octanol–water partition coefficient (Wildman–Crippen LogP) is 2.99. The molecule has 0 atom stereocenters. The SMILES string of the molecule is O=C(O)c1cccc(Oc2nccc(C(F)(F)F)n2)c1. The third-order valence-corrected chi connectivity index (χ3v) is 2.21. The third-order valence-electron chi connectivity index (χ3n) is 2.21. The van der Waals surface area contributed by atoms with Crippen molar-refractivity contribution in [1.82, 2.24) is 9.97 Å². The zero-order chi connectivity index (χ0) is 14.8. The summed E-state index contributed by atoms with van der Waals surface area (Å²) in [5.74, 6) is -1.15. The van der Waals surface area contributed by atoms with E-state index in [2.05, 4.69) is 9.97 Å². The van der Waals surface area contributed by atoms with E-state index in [0.717, 1.165) is 12.3 Å². The largest absolute Gasteiger partial charge is 0.478 e. The van der Waals surface area contributed by atoms with Crippen LogP contribution >= 0.6 is 0 Å². The highest BCUT2D eigenvalue weighted by Crippen LogP contribution is 2.28. The van der Waals surface area contributed by atoms with Gasteiger partial charge in [0.2, 0.25) is 0 Å². The number of ether oxygens (including phenoxy) is 1. The van der Waals surface area contributed by atoms with Crippen LogP contribution in [0.5, 0.6) is 11.8 Å². The minimum absolute atomic E-state index is 0.0317. The second kappa shape index (κ2) is 5.16. The summed E-state index contributed by atoms with van der Waals surface area (Å²) in [6.07, 6.45) is -3.70. The first-order valence-electron chi connectivity index (χ1n) is 5.28. The zero-order valence-electron chi connectivity index (χ0n) is 9.76. The average molecular weight is 284 g/mol. The fraction of sp³-hybridized carbons (Fsp3) is 0.0833. The molecule has 5 nitrogen and oxygen atoms in total. The molecule has 0 aliphatic heterocycles. The van der Waals surface area contributed by atoms with E-state index in [-0.39, 0.29) is 11.3 Å². The Kier molecular flexibility index (Phi) is 3.55. The number of aromatic carboxylic acids is 1. The number of carboxylic acids is 1. The lowest BCUT2D eigenvalue weighted by Gasteiger charge is -2.08. The van der Waals surface area contributed by atoms with Crippen molar-refractivity contribution in [3.63, 3.8) is 0 Å². The highest BCUT2D eigenvalue weighted by atomic mass is 19.4. The highest BCUT2D eigenvalue weighted by molar-refractivity contribution is 5.88. The molecule has 1 heterocycles. The van der Waals surface area contributed by atoms with E-state index in [1.807, 2.05) is 0 Å². The van der Waals surface area contributed by atoms with E-state index in [0.29, 0.717) is 6.07 Å². The molecule has 0 aliphatic carbocycles. The van der Waals surface area contributed by atoms with Crippen molar-refractivity contribution < 1.29 is 27.8 Å². The van der Waals surface area contributed by atoms with Gasteiger partial charge in [-0.25, -0.2) is 9.78 Å². The van der Waals surface area contributed by atoms with Gasteiger partial charge < -0.3 is 9.84 Å². The molecule has 2 aromatic rings. The smallest absolute Gasteiger partial charge is 0.433 e. The number of carbonyl (C=O) groups is 1. The molecule has 0 radical (unpaired) electrons. The van der Waals surface area contributed by atoms with Gasteiger partial charge in [-0.05, 0) is 24.3 Å². The van der Waals surface area contributed by atoms with Crippen LogP contribution in [0.15, 0.2) is 36.5 Å². The molecule has 20 heavy (non-hydrogen) atoms. The molecule has 0 fully saturated rings. The van der Waals surface area contributed by atoms with Crippen LogP contribution in [-0.4, -0.2) is 21.0 Å². The van der Waals surface area contributed by atoms with E-state index >= 15 is 0 Å². The Morgan fingerprint density at radius 3 is 2.65 bits per heavy atom. The second-order valence-corrected chi connectivity index (χ2v) is 3.66. The topological polar surface area (TPSA) is 72.3 Å². The third kappa shape index (κ3) is 3.22. The molecule has 104 valence electrons. The average Bonchev–Trinajstić information content (AvgIpc) is 2.38. The Hall–Kier alpha value is -2.64. The number of nitrogens with zero attached hydrogens (tertiary/aromatic N) is 2. The van der Waals surface area contributed by atoms with Gasteiger partial charge in [0.25, 0.3) is 0 Å². The van der Waals surface area contributed by atoms with E-state index < -0.39 is 23.8 Å². The number of halogens is 3. The Bertz CT molecular complexity index is 644. The van der Waals surface area contributed by atoms with Crippen molar-refractivity contribution in [1.29, 1.82) is 0 Å². The maximum Gasteiger partial charge on any atom is 0.433 e. The molecule has 2 rings (SSSR count). The summed E-state index contributed by atoms with van der Waals surface area (Å²) in [6.45, 7) is 0. The number of aromatic nitrogens is 2. The van der Waals surface area contributed by atoms with Crippen LogP contribution < -0.4 is 4.74 Å². The normalized spacial score (nSPS) is 11.2. The van der Waals surface area contributed by atoms with Crippen molar-refractivity contribution in [3.8, 4) is 11.8 Å². The van der Waals surface area contributed by atoms with Crippen LogP contribution in [0.25, 0.3) is 0 Å². The first kappa shape index (κ1) is 13.8. The Morgan fingerprint density at radius 1 is 1.25 bits per heavy atom. The van der Waals surface area contributed by atoms with E-state index in [9.17, 15) is 18.0 Å². The van der Waals surface area contributed by atoms with Crippen molar-refractivity contribution in [2.75, 3.05) is 0 Å². The van der Waals surface area contributed by atoms with Crippen molar-refractivity contribution in [2.45, 2.75) is 6.18 Å². The van der Waals surface area contributed by atoms with Gasteiger partial charge in [0, 0.05) is 6.20 Å². The van der Waals surface area contributed by atoms with E-state index in [1.165, 1.54) is 18.2 Å². The molecular weight excluding hydrogens is 277 g/mol. The lowest BCUT2D eigenvalue weighted by molar-refractivity contribution is -0.141. The van der Waals surface area contributed by atoms with Crippen molar-refractivity contribution in [2.24, 2.45) is 0 Å². The van der Waals surface area contributed by atoms with Crippen LogP contribution in [-0.2, 0) is 6.18 Å². The maximum absolute atomic E-state index is 12.5. The lowest BCUT2D eigenvalue weighted by Crippen LogP contribution is -2.09. The molecule has 0 aliphatic rings. The summed E-state index contributed by atoms with van der Waals surface area (Å²) in [4.78, 5) is 17.5. The zero-order valence-corrected chi connectivity index (χ0v) is 9.76. The van der Waals surface area contributed by atoms with Crippen LogP contribution in [0, 0.1) is 0 Å². The summed E-state index contributed by atoms with van der Waals surface area (Å²) >= 11 is 0. The Morgan fingerprint density at radius 2 is 2.00 bits per heavy atom. The number of alkyl halides is 3. The standard InChI is InChI=1S/C12H7F3N2O3/c13-12(14,15)9-4-5-16-11(17-9)20-8-3-1-2-7(6-8)10(18)19/h1-6H,(H,18,19). The molecule has 0 amide bonds. The van der Waals surface area contributed by atoms with Crippen LogP contribution in [0.3, 0.4) is 0 Å². The minimum atomic E-state index is -4.61. The quantitative estimate of drug-likeness (QED) is 0.938. The molecule has 1 aromatic carbocycles. The number of benzene rings is 1. The highest BCUT2D eigenvalue weighted by Gasteiger charge is 2.33. The molecule has 0 unspecified atom stereocenters. The molecule has 0 saturated carbocycles. The van der Waals surface area contributed by atoms with Gasteiger partial charge in [-0.15, -0.1) is 0 Å². The summed E-state index contributed by atoms with van der Waals surface area (Å²) in [6, 6.07) is 5.46. The molecule has 0 spiro atoms. The molecule has 0 bridgehead atoms. The summed E-state index contributed by atoms with van der Waals surface area (Å²) in [5, 5.41) is 8.79. The number of carboxylic acid groups (broad SMARTS) is 1. The molecule has 1 aromatic heterocycles. The van der Waals surface area contributed by atoms with Gasteiger partial charge in [0.05, 0.1) is 5.56 Å². The predicted molar refractivity (Wildman–Crippen MR) is 60.5 cm³/mol. The summed E-state index contributed by atoms with van der Waals surface area (Å²) in [7, 11) is 0. The van der Waals surface area contributed by atoms with Crippen LogP contribution in [0.1, 0.15) is 16.1 Å². The number of rotatable bonds is 3. The lowest BCUT2D eigenvalue weighted by atomic mass is 10.2. The van der Waals surface area contributed by atoms with E-state index in [4.69, 9.17) is 9.84 Å². The number of hydrogen-bond donors (Lipinski definition) is 1. The van der Waals surface area contributed by atoms with Crippen LogP contribution in [0.4, 0.5) is 13.2 Å². The minimum Gasteiger partial charge on any atom is -0.478 e. The van der Waals surface area contributed by atoms with Gasteiger partial charge in [-0.1, -0.05) is 6.07 Å². The van der Waals surface area contributed by atoms with Crippen LogP contribution in [0.2, 0.25) is 0 Å². The van der Waals surface area contributed by atoms with Gasteiger partial charge in [0.15, 0.2) is 5.69 Å². The monoisotopic (exact) mass is 284 g/mol. The Balaban J connectivity index is 2.26. The first-order chi connectivity index (χ1) is 9.36. The van der Waals surface area contributed by atoms with Crippen molar-refractivity contribution in [3.05, 3.63) is 47.8 Å². The molecule has 1 N–H and O–H groups in total. The maximum atomic E-state index is 12.5. The van der Waals surface area contributed by atoms with Crippen molar-refractivity contribution >= 4 is 5.97 Å². The van der Waals surface area contributed by atoms with Gasteiger partial charge >= 0.3 is 18.2 Å². The van der Waals surface area contributed by atoms with Gasteiger partial charge in [0.1, 0.15) is 5.75 Å². The van der Waals surface area contributed by atoms with Gasteiger partial charge in [-0.2, -0.15) is 18.2 Å². The van der Waals surface area contributed by atoms with E-state index in [1.54, 1.807) is 0 Å². The molecule has 0 saturated heterocycles. The molecule has 8 heteroatoms. The second-order valence-electron chi connectivity index (χ2n) is 3.66. The summed E-state index contributed by atoms with van der Waals surface area (Å²) < 4.78 is 42.4. The summed E-state index contributed by atoms with van der Waals surface area (Å²) in [5.41, 5.74) is -1.20. The fourth-order valence-corrected chi connectivity index (χ4v) is 1.35. The Labute approximate surface area is 110 Å². The number of hydrogen-bond acceptors (Lipinski definition) is 4.